The Morgan fingerprint density at radius 2 is 2.00 bits per heavy atom. The number of hydrogen-bond acceptors (Lipinski definition) is 3. The van der Waals surface area contributed by atoms with Crippen molar-refractivity contribution in [1.29, 1.82) is 0 Å². The number of carboxylic acid groups (broad SMARTS) is 1. The van der Waals surface area contributed by atoms with Crippen LogP contribution in [-0.4, -0.2) is 23.0 Å². The van der Waals surface area contributed by atoms with E-state index in [-0.39, 0.29) is 11.6 Å². The molecule has 0 radical (unpaired) electrons. The highest BCUT2D eigenvalue weighted by Crippen LogP contribution is 2.19. The lowest BCUT2D eigenvalue weighted by molar-refractivity contribution is -0.118. The number of aromatic carboxylic acids is 1. The lowest BCUT2D eigenvalue weighted by Gasteiger charge is -2.16. The van der Waals surface area contributed by atoms with E-state index in [1.807, 2.05) is 0 Å². The minimum absolute atomic E-state index is 0.0939. The Morgan fingerprint density at radius 3 is 2.50 bits per heavy atom. The molecule has 0 aliphatic heterocycles. The summed E-state index contributed by atoms with van der Waals surface area (Å²) in [5, 5.41) is 11.2. The fraction of sp³-hybridized carbons (Fsp3) is 0.333. The molecular formula is C12H15FN2O3. The lowest BCUT2D eigenvalue weighted by atomic mass is 10.0. The standard InChI is InChI=1S/C12H15FN2O3/c1-6(2)10(14)11(16)15-8-5-3-4-7(13)9(8)12(17)18/h3-6,10H,14H2,1-2H3,(H,15,16)(H,17,18)/t10-/m1/s1. The highest BCUT2D eigenvalue weighted by atomic mass is 19.1. The zero-order chi connectivity index (χ0) is 13.9. The van der Waals surface area contributed by atoms with Crippen molar-refractivity contribution < 1.29 is 19.1 Å². The van der Waals surface area contributed by atoms with E-state index in [1.165, 1.54) is 12.1 Å². The zero-order valence-electron chi connectivity index (χ0n) is 10.1. The minimum atomic E-state index is -1.44. The van der Waals surface area contributed by atoms with Crippen LogP contribution in [0.5, 0.6) is 0 Å². The van der Waals surface area contributed by atoms with Gasteiger partial charge in [0.05, 0.1) is 11.7 Å². The molecule has 1 amide bonds. The van der Waals surface area contributed by atoms with Crippen LogP contribution in [0.25, 0.3) is 0 Å². The first-order valence-electron chi connectivity index (χ1n) is 5.42. The predicted octanol–water partition coefficient (Wildman–Crippen LogP) is 1.45. The molecule has 0 saturated heterocycles. The van der Waals surface area contributed by atoms with E-state index >= 15 is 0 Å². The number of anilines is 1. The SMILES string of the molecule is CC(C)[C@@H](N)C(=O)Nc1cccc(F)c1C(=O)O. The molecule has 0 unspecified atom stereocenters. The van der Waals surface area contributed by atoms with Crippen LogP contribution < -0.4 is 11.1 Å². The quantitative estimate of drug-likeness (QED) is 0.758. The summed E-state index contributed by atoms with van der Waals surface area (Å²) in [7, 11) is 0. The van der Waals surface area contributed by atoms with Crippen LogP contribution in [0, 0.1) is 11.7 Å². The summed E-state index contributed by atoms with van der Waals surface area (Å²) in [5.74, 6) is -3.00. The van der Waals surface area contributed by atoms with Gasteiger partial charge in [0.15, 0.2) is 0 Å². The Labute approximate surface area is 104 Å². The lowest BCUT2D eigenvalue weighted by Crippen LogP contribution is -2.40. The maximum atomic E-state index is 13.3. The van der Waals surface area contributed by atoms with E-state index in [1.54, 1.807) is 13.8 Å². The summed E-state index contributed by atoms with van der Waals surface area (Å²) in [4.78, 5) is 22.6. The monoisotopic (exact) mass is 254 g/mol. The van der Waals surface area contributed by atoms with Gasteiger partial charge < -0.3 is 16.2 Å². The summed E-state index contributed by atoms with van der Waals surface area (Å²) < 4.78 is 13.3. The molecule has 98 valence electrons. The zero-order valence-corrected chi connectivity index (χ0v) is 10.1. The first-order valence-corrected chi connectivity index (χ1v) is 5.42. The number of hydrogen-bond donors (Lipinski definition) is 3. The molecule has 0 spiro atoms. The number of carboxylic acids is 1. The Bertz CT molecular complexity index is 474. The third-order valence-electron chi connectivity index (χ3n) is 2.51. The molecule has 6 heteroatoms. The number of benzene rings is 1. The number of nitrogens with one attached hydrogen (secondary N) is 1. The first-order chi connectivity index (χ1) is 8.34. The van der Waals surface area contributed by atoms with Gasteiger partial charge in [-0.05, 0) is 18.1 Å². The Hall–Kier alpha value is -1.95. The molecule has 0 fully saturated rings. The molecule has 0 bridgehead atoms. The van der Waals surface area contributed by atoms with Crippen molar-refractivity contribution in [2.45, 2.75) is 19.9 Å². The molecule has 4 N–H and O–H groups in total. The first kappa shape index (κ1) is 14.1. The predicted molar refractivity (Wildman–Crippen MR) is 64.8 cm³/mol. The highest BCUT2D eigenvalue weighted by molar-refractivity contribution is 6.02. The topological polar surface area (TPSA) is 92.4 Å². The molecule has 1 aromatic rings. The van der Waals surface area contributed by atoms with Crippen molar-refractivity contribution in [2.75, 3.05) is 5.32 Å². The summed E-state index contributed by atoms with van der Waals surface area (Å²) in [6.45, 7) is 3.52. The van der Waals surface area contributed by atoms with Crippen molar-refractivity contribution in [3.8, 4) is 0 Å². The highest BCUT2D eigenvalue weighted by Gasteiger charge is 2.21. The van der Waals surface area contributed by atoms with Gasteiger partial charge in [0, 0.05) is 0 Å². The second kappa shape index (κ2) is 5.59. The average Bonchev–Trinajstić information content (AvgIpc) is 2.27. The van der Waals surface area contributed by atoms with Crippen LogP contribution in [0.1, 0.15) is 24.2 Å². The number of amides is 1. The smallest absolute Gasteiger partial charge is 0.340 e. The number of carbonyl (C=O) groups is 2. The Morgan fingerprint density at radius 1 is 1.39 bits per heavy atom. The Kier molecular flexibility index (Phi) is 4.38. The normalized spacial score (nSPS) is 12.3. The maximum absolute atomic E-state index is 13.3. The van der Waals surface area contributed by atoms with Crippen LogP contribution in [0.2, 0.25) is 0 Å². The van der Waals surface area contributed by atoms with Gasteiger partial charge in [-0.2, -0.15) is 0 Å². The molecule has 5 nitrogen and oxygen atoms in total. The summed E-state index contributed by atoms with van der Waals surface area (Å²) in [6.07, 6.45) is 0. The van der Waals surface area contributed by atoms with Gasteiger partial charge in [0.25, 0.3) is 0 Å². The third-order valence-corrected chi connectivity index (χ3v) is 2.51. The van der Waals surface area contributed by atoms with E-state index in [4.69, 9.17) is 10.8 Å². The third kappa shape index (κ3) is 3.04. The van der Waals surface area contributed by atoms with Gasteiger partial charge in [0.1, 0.15) is 11.4 Å². The van der Waals surface area contributed by atoms with Crippen molar-refractivity contribution in [3.63, 3.8) is 0 Å². The van der Waals surface area contributed by atoms with Crippen molar-refractivity contribution in [1.82, 2.24) is 0 Å². The van der Waals surface area contributed by atoms with E-state index in [0.29, 0.717) is 0 Å². The van der Waals surface area contributed by atoms with Crippen LogP contribution in [0.3, 0.4) is 0 Å². The van der Waals surface area contributed by atoms with Crippen LogP contribution in [-0.2, 0) is 4.79 Å². The summed E-state index contributed by atoms with van der Waals surface area (Å²) >= 11 is 0. The maximum Gasteiger partial charge on any atom is 0.340 e. The minimum Gasteiger partial charge on any atom is -0.478 e. The molecule has 0 aliphatic carbocycles. The number of carbonyl (C=O) groups excluding carboxylic acids is 1. The molecule has 0 heterocycles. The molecule has 0 aliphatic rings. The van der Waals surface area contributed by atoms with Crippen molar-refractivity contribution in [2.24, 2.45) is 11.7 Å². The van der Waals surface area contributed by atoms with Crippen LogP contribution in [0.15, 0.2) is 18.2 Å². The number of halogens is 1. The van der Waals surface area contributed by atoms with E-state index < -0.39 is 29.3 Å². The largest absolute Gasteiger partial charge is 0.478 e. The molecule has 0 saturated carbocycles. The van der Waals surface area contributed by atoms with Crippen molar-refractivity contribution in [3.05, 3.63) is 29.6 Å². The van der Waals surface area contributed by atoms with E-state index in [2.05, 4.69) is 5.32 Å². The average molecular weight is 254 g/mol. The fourth-order valence-electron chi connectivity index (χ4n) is 1.36. The summed E-state index contributed by atoms with van der Waals surface area (Å²) in [6, 6.07) is 2.87. The molecule has 1 atom stereocenters. The molecule has 0 aromatic heterocycles. The molecule has 18 heavy (non-hydrogen) atoms. The van der Waals surface area contributed by atoms with Gasteiger partial charge in [-0.25, -0.2) is 9.18 Å². The number of nitrogens with two attached hydrogens (primary N) is 1. The molecule has 1 rings (SSSR count). The molecule has 1 aromatic carbocycles. The molecular weight excluding hydrogens is 239 g/mol. The van der Waals surface area contributed by atoms with Crippen LogP contribution >= 0.6 is 0 Å². The van der Waals surface area contributed by atoms with E-state index in [0.717, 1.165) is 6.07 Å². The van der Waals surface area contributed by atoms with Gasteiger partial charge in [-0.1, -0.05) is 19.9 Å². The van der Waals surface area contributed by atoms with Crippen molar-refractivity contribution >= 4 is 17.6 Å². The van der Waals surface area contributed by atoms with Gasteiger partial charge in [-0.15, -0.1) is 0 Å². The Balaban J connectivity index is 3.02. The van der Waals surface area contributed by atoms with Gasteiger partial charge in [0.2, 0.25) is 5.91 Å². The van der Waals surface area contributed by atoms with Crippen LogP contribution in [0.4, 0.5) is 10.1 Å². The van der Waals surface area contributed by atoms with E-state index in [9.17, 15) is 14.0 Å². The second-order valence-electron chi connectivity index (χ2n) is 4.23. The summed E-state index contributed by atoms with van der Waals surface area (Å²) in [5.41, 5.74) is 4.96. The second-order valence-corrected chi connectivity index (χ2v) is 4.23. The van der Waals surface area contributed by atoms with Gasteiger partial charge >= 0.3 is 5.97 Å². The fourth-order valence-corrected chi connectivity index (χ4v) is 1.36. The number of rotatable bonds is 4. The van der Waals surface area contributed by atoms with Gasteiger partial charge in [-0.3, -0.25) is 4.79 Å².